The van der Waals surface area contributed by atoms with Gasteiger partial charge in [-0.25, -0.2) is 4.39 Å². The Morgan fingerprint density at radius 1 is 1.18 bits per heavy atom. The van der Waals surface area contributed by atoms with Crippen molar-refractivity contribution in [2.24, 2.45) is 0 Å². The molecular weight excluding hydrogens is 437 g/mol. The Kier molecular flexibility index (Phi) is 5.59. The lowest BCUT2D eigenvalue weighted by molar-refractivity contribution is -0.146. The number of aromatic nitrogens is 3. The van der Waals surface area contributed by atoms with Gasteiger partial charge in [-0.05, 0) is 24.3 Å². The molecular formula is C22H21F3N6O2. The lowest BCUT2D eigenvalue weighted by atomic mass is 9.90. The molecule has 2 fully saturated rings. The van der Waals surface area contributed by atoms with E-state index in [1.54, 1.807) is 36.4 Å². The lowest BCUT2D eigenvalue weighted by Gasteiger charge is -2.51. The van der Waals surface area contributed by atoms with Crippen LogP contribution in [0, 0.1) is 0 Å². The number of carbonyl (C=O) groups is 1. The van der Waals surface area contributed by atoms with Gasteiger partial charge >= 0.3 is 6.43 Å². The average molecular weight is 458 g/mol. The summed E-state index contributed by atoms with van der Waals surface area (Å²) in [6, 6.07) is 12.3. The van der Waals surface area contributed by atoms with E-state index in [1.165, 1.54) is 11.1 Å². The molecule has 11 heteroatoms. The number of likely N-dealkylation sites (tertiary alicyclic amines) is 1. The van der Waals surface area contributed by atoms with Crippen molar-refractivity contribution in [3.8, 4) is 11.5 Å². The number of nitrogens with one attached hydrogen (secondary N) is 1. The van der Waals surface area contributed by atoms with E-state index in [4.69, 9.17) is 4.42 Å². The quantitative estimate of drug-likeness (QED) is 0.582. The molecule has 33 heavy (non-hydrogen) atoms. The Labute approximate surface area is 187 Å². The summed E-state index contributed by atoms with van der Waals surface area (Å²) in [6.07, 6.45) is -1.47. The summed E-state index contributed by atoms with van der Waals surface area (Å²) < 4.78 is 45.8. The molecule has 172 valence electrons. The number of carbonyl (C=O) groups excluding carboxylic acids is 1. The topological polar surface area (TPSA) is 87.4 Å². The van der Waals surface area contributed by atoms with Gasteiger partial charge in [0, 0.05) is 44.1 Å². The highest BCUT2D eigenvalue weighted by molar-refractivity contribution is 6.00. The Morgan fingerprint density at radius 3 is 2.52 bits per heavy atom. The third-order valence-electron chi connectivity index (χ3n) is 5.90. The van der Waals surface area contributed by atoms with Crippen LogP contribution in [0.5, 0.6) is 0 Å². The van der Waals surface area contributed by atoms with E-state index in [1.807, 2.05) is 11.0 Å². The fraction of sp³-hybridized carbons (Fsp3) is 0.364. The molecule has 0 saturated carbocycles. The van der Waals surface area contributed by atoms with Crippen LogP contribution in [0.2, 0.25) is 0 Å². The maximum Gasteiger partial charge on any atom is 0.314 e. The third-order valence-corrected chi connectivity index (χ3v) is 5.90. The first kappa shape index (κ1) is 21.5. The van der Waals surface area contributed by atoms with E-state index >= 15 is 4.39 Å². The van der Waals surface area contributed by atoms with E-state index in [9.17, 15) is 13.6 Å². The minimum absolute atomic E-state index is 0.0475. The number of alkyl halides is 3. The molecule has 2 aliphatic heterocycles. The molecule has 2 aliphatic rings. The number of rotatable bonds is 7. The van der Waals surface area contributed by atoms with Gasteiger partial charge in [0.2, 0.25) is 11.6 Å². The van der Waals surface area contributed by atoms with Crippen LogP contribution in [0.15, 0.2) is 53.1 Å². The molecule has 2 saturated heterocycles. The van der Waals surface area contributed by atoms with Crippen LogP contribution < -0.4 is 10.2 Å². The lowest BCUT2D eigenvalue weighted by Crippen LogP contribution is -2.73. The summed E-state index contributed by atoms with van der Waals surface area (Å²) in [5.41, 5.74) is -0.539. The van der Waals surface area contributed by atoms with Gasteiger partial charge < -0.3 is 14.6 Å². The van der Waals surface area contributed by atoms with E-state index in [2.05, 4.69) is 20.5 Å². The van der Waals surface area contributed by atoms with Crippen LogP contribution in [0.4, 0.5) is 18.9 Å². The zero-order valence-corrected chi connectivity index (χ0v) is 17.5. The second-order valence-corrected chi connectivity index (χ2v) is 8.19. The molecule has 3 aromatic rings. The van der Waals surface area contributed by atoms with Gasteiger partial charge in [-0.2, -0.15) is 8.78 Å². The van der Waals surface area contributed by atoms with Crippen LogP contribution in [0.3, 0.4) is 0 Å². The fourth-order valence-corrected chi connectivity index (χ4v) is 3.90. The second kappa shape index (κ2) is 8.56. The van der Waals surface area contributed by atoms with Gasteiger partial charge in [-0.1, -0.05) is 18.2 Å². The van der Waals surface area contributed by atoms with Crippen molar-refractivity contribution in [3.05, 3.63) is 60.2 Å². The van der Waals surface area contributed by atoms with Crippen molar-refractivity contribution in [1.82, 2.24) is 25.4 Å². The predicted octanol–water partition coefficient (Wildman–Crippen LogP) is 2.60. The van der Waals surface area contributed by atoms with Crippen LogP contribution in [-0.2, 0) is 11.3 Å². The SMILES string of the molecule is O=C(N(Cc1ccc(-c2nnc(C(F)F)o2)cn1)c1ccccc1)C1(F)CN(C2CNC2)C1. The van der Waals surface area contributed by atoms with E-state index < -0.39 is 23.9 Å². The average Bonchev–Trinajstić information content (AvgIpc) is 3.26. The van der Waals surface area contributed by atoms with Gasteiger partial charge in [0.15, 0.2) is 0 Å². The minimum atomic E-state index is -2.86. The van der Waals surface area contributed by atoms with Gasteiger partial charge in [-0.3, -0.25) is 14.7 Å². The summed E-state index contributed by atoms with van der Waals surface area (Å²) in [5, 5.41) is 10.1. The minimum Gasteiger partial charge on any atom is -0.415 e. The smallest absolute Gasteiger partial charge is 0.314 e. The molecule has 1 amide bonds. The Morgan fingerprint density at radius 2 is 1.94 bits per heavy atom. The Bertz CT molecular complexity index is 1110. The number of anilines is 1. The first-order valence-electron chi connectivity index (χ1n) is 10.5. The molecule has 0 radical (unpaired) electrons. The van der Waals surface area contributed by atoms with Gasteiger partial charge in [0.25, 0.3) is 11.8 Å². The molecule has 0 bridgehead atoms. The molecule has 5 rings (SSSR count). The zero-order valence-electron chi connectivity index (χ0n) is 17.5. The number of nitrogens with zero attached hydrogens (tertiary/aromatic N) is 5. The highest BCUT2D eigenvalue weighted by atomic mass is 19.3. The molecule has 0 atom stereocenters. The number of benzene rings is 1. The van der Waals surface area contributed by atoms with Crippen LogP contribution in [0.1, 0.15) is 18.0 Å². The summed E-state index contributed by atoms with van der Waals surface area (Å²) in [7, 11) is 0. The third kappa shape index (κ3) is 4.21. The summed E-state index contributed by atoms with van der Waals surface area (Å²) >= 11 is 0. The second-order valence-electron chi connectivity index (χ2n) is 8.19. The maximum atomic E-state index is 15.5. The van der Waals surface area contributed by atoms with Gasteiger partial charge in [-0.15, -0.1) is 10.2 Å². The number of hydrogen-bond acceptors (Lipinski definition) is 7. The largest absolute Gasteiger partial charge is 0.415 e. The number of halogens is 3. The zero-order chi connectivity index (χ0) is 23.0. The predicted molar refractivity (Wildman–Crippen MR) is 112 cm³/mol. The van der Waals surface area contributed by atoms with Crippen molar-refractivity contribution in [2.75, 3.05) is 31.1 Å². The maximum absolute atomic E-state index is 15.5. The Hall–Kier alpha value is -3.31. The number of para-hydroxylation sites is 1. The van der Waals surface area contributed by atoms with E-state index in [0.717, 1.165) is 13.1 Å². The standard InChI is InChI=1S/C22H21F3N6O2/c23-18(24)20-29-28-19(33-20)14-6-7-15(27-8-14)11-31(16-4-2-1-3-5-16)21(32)22(25)12-30(13-22)17-9-26-10-17/h1-8,17-18,26H,9-13H2. The van der Waals surface area contributed by atoms with Crippen molar-refractivity contribution in [2.45, 2.75) is 24.7 Å². The van der Waals surface area contributed by atoms with E-state index in [0.29, 0.717) is 16.9 Å². The molecule has 0 spiro atoms. The number of pyridine rings is 1. The molecule has 1 aromatic carbocycles. The fourth-order valence-electron chi connectivity index (χ4n) is 3.90. The van der Waals surface area contributed by atoms with Crippen molar-refractivity contribution in [1.29, 1.82) is 0 Å². The van der Waals surface area contributed by atoms with Crippen LogP contribution in [-0.4, -0.2) is 63.9 Å². The van der Waals surface area contributed by atoms with Gasteiger partial charge in [0.05, 0.1) is 17.8 Å². The molecule has 0 aliphatic carbocycles. The van der Waals surface area contributed by atoms with Crippen LogP contribution >= 0.6 is 0 Å². The summed E-state index contributed by atoms with van der Waals surface area (Å²) in [6.45, 7) is 1.80. The van der Waals surface area contributed by atoms with Crippen molar-refractivity contribution < 1.29 is 22.4 Å². The number of amides is 1. The first-order valence-corrected chi connectivity index (χ1v) is 10.5. The normalized spacial score (nSPS) is 18.1. The van der Waals surface area contributed by atoms with E-state index in [-0.39, 0.29) is 31.6 Å². The van der Waals surface area contributed by atoms with Crippen molar-refractivity contribution >= 4 is 11.6 Å². The summed E-state index contributed by atoms with van der Waals surface area (Å²) in [4.78, 5) is 20.9. The highest BCUT2D eigenvalue weighted by Gasteiger charge is 2.54. The number of hydrogen-bond donors (Lipinski definition) is 1. The van der Waals surface area contributed by atoms with Crippen LogP contribution in [0.25, 0.3) is 11.5 Å². The molecule has 4 heterocycles. The van der Waals surface area contributed by atoms with Crippen molar-refractivity contribution in [3.63, 3.8) is 0 Å². The van der Waals surface area contributed by atoms with Gasteiger partial charge in [0.1, 0.15) is 0 Å². The first-order chi connectivity index (χ1) is 15.9. The molecule has 1 N–H and O–H groups in total. The monoisotopic (exact) mass is 458 g/mol. The Balaban J connectivity index is 1.34. The summed E-state index contributed by atoms with van der Waals surface area (Å²) in [5.74, 6) is -1.46. The molecule has 8 nitrogen and oxygen atoms in total. The molecule has 0 unspecified atom stereocenters. The molecule has 2 aromatic heterocycles. The highest BCUT2D eigenvalue weighted by Crippen LogP contribution is 2.33.